The highest BCUT2D eigenvalue weighted by molar-refractivity contribution is 6.42. The van der Waals surface area contributed by atoms with Crippen LogP contribution in [0.4, 0.5) is 0 Å². The van der Waals surface area contributed by atoms with Crippen molar-refractivity contribution in [2.45, 2.75) is 12.2 Å². The van der Waals surface area contributed by atoms with Gasteiger partial charge in [-0.1, -0.05) is 29.3 Å². The largest absolute Gasteiger partial charge is 0.368 e. The van der Waals surface area contributed by atoms with Gasteiger partial charge in [0.25, 0.3) is 0 Å². The topological polar surface area (TPSA) is 41.3 Å². The molecule has 0 aromatic heterocycles. The number of likely N-dealkylation sites (N-methyl/N-ethyl adjacent to an activating group) is 1. The molecule has 1 heterocycles. The Hall–Kier alpha value is -0.900. The number of hydrogen-bond acceptors (Lipinski definition) is 3. The van der Waals surface area contributed by atoms with Gasteiger partial charge in [-0.25, -0.2) is 0 Å². The minimum atomic E-state index is -0.158. The van der Waals surface area contributed by atoms with Gasteiger partial charge in [-0.2, -0.15) is 0 Å². The molecule has 1 unspecified atom stereocenters. The summed E-state index contributed by atoms with van der Waals surface area (Å²) in [4.78, 5) is 2.02. The highest BCUT2D eigenvalue weighted by Gasteiger charge is 2.24. The van der Waals surface area contributed by atoms with E-state index >= 15 is 0 Å². The van der Waals surface area contributed by atoms with Crippen LogP contribution < -0.4 is 11.1 Å². The summed E-state index contributed by atoms with van der Waals surface area (Å²) < 4.78 is 0. The van der Waals surface area contributed by atoms with Crippen LogP contribution in [-0.4, -0.2) is 18.1 Å². The van der Waals surface area contributed by atoms with Crippen LogP contribution in [0, 0.1) is 0 Å². The van der Waals surface area contributed by atoms with E-state index in [1.54, 1.807) is 6.07 Å². The third-order valence-corrected chi connectivity index (χ3v) is 3.42. The lowest BCUT2D eigenvalue weighted by atomic mass is 10.1. The van der Waals surface area contributed by atoms with Crippen molar-refractivity contribution in [2.75, 3.05) is 7.05 Å². The predicted octanol–water partition coefficient (Wildman–Crippen LogP) is 2.33. The molecule has 1 aromatic rings. The zero-order chi connectivity index (χ0) is 11.7. The number of benzene rings is 1. The van der Waals surface area contributed by atoms with Crippen LogP contribution >= 0.6 is 23.2 Å². The van der Waals surface area contributed by atoms with Gasteiger partial charge < -0.3 is 16.0 Å². The molecule has 0 spiro atoms. The highest BCUT2D eigenvalue weighted by Crippen LogP contribution is 2.27. The van der Waals surface area contributed by atoms with Crippen molar-refractivity contribution in [1.29, 1.82) is 0 Å². The molecule has 5 heteroatoms. The second kappa shape index (κ2) is 4.53. The summed E-state index contributed by atoms with van der Waals surface area (Å²) in [5.74, 6) is 0. The first-order valence-electron chi connectivity index (χ1n) is 4.95. The number of hydrogen-bond donors (Lipinski definition) is 2. The van der Waals surface area contributed by atoms with Gasteiger partial charge in [0.2, 0.25) is 0 Å². The summed E-state index contributed by atoms with van der Waals surface area (Å²) in [5.41, 5.74) is 7.12. The number of nitrogens with two attached hydrogens (primary N) is 1. The molecule has 1 aliphatic heterocycles. The average molecular weight is 258 g/mol. The molecule has 16 heavy (non-hydrogen) atoms. The first-order valence-corrected chi connectivity index (χ1v) is 5.70. The molecule has 3 nitrogen and oxygen atoms in total. The molecule has 1 aromatic carbocycles. The summed E-state index contributed by atoms with van der Waals surface area (Å²) in [7, 11) is 1.97. The Morgan fingerprint density at radius 1 is 1.38 bits per heavy atom. The lowest BCUT2D eigenvalue weighted by Gasteiger charge is -2.27. The average Bonchev–Trinajstić information content (AvgIpc) is 2.67. The number of nitrogens with one attached hydrogen (secondary N) is 1. The maximum Gasteiger partial charge on any atom is 0.118 e. The maximum absolute atomic E-state index is 6.16. The third kappa shape index (κ3) is 2.12. The van der Waals surface area contributed by atoms with Crippen LogP contribution in [0.1, 0.15) is 11.6 Å². The van der Waals surface area contributed by atoms with Crippen molar-refractivity contribution in [3.8, 4) is 0 Å². The van der Waals surface area contributed by atoms with Gasteiger partial charge in [0.1, 0.15) is 6.17 Å². The minimum absolute atomic E-state index is 0.0530. The van der Waals surface area contributed by atoms with Crippen molar-refractivity contribution >= 4 is 23.2 Å². The second-order valence-corrected chi connectivity index (χ2v) is 4.61. The summed E-state index contributed by atoms with van der Waals surface area (Å²) in [6.07, 6.45) is 3.88. The predicted molar refractivity (Wildman–Crippen MR) is 67.2 cm³/mol. The van der Waals surface area contributed by atoms with Gasteiger partial charge in [0.05, 0.1) is 16.1 Å². The second-order valence-electron chi connectivity index (χ2n) is 3.79. The van der Waals surface area contributed by atoms with Crippen molar-refractivity contribution in [1.82, 2.24) is 10.2 Å². The molecule has 0 saturated heterocycles. The fourth-order valence-electron chi connectivity index (χ4n) is 1.73. The normalized spacial score (nSPS) is 21.0. The Morgan fingerprint density at radius 2 is 2.12 bits per heavy atom. The van der Waals surface area contributed by atoms with Gasteiger partial charge in [-0.05, 0) is 17.7 Å². The van der Waals surface area contributed by atoms with Gasteiger partial charge in [-0.3, -0.25) is 0 Å². The molecule has 0 aliphatic carbocycles. The van der Waals surface area contributed by atoms with E-state index in [9.17, 15) is 0 Å². The first-order chi connectivity index (χ1) is 7.59. The van der Waals surface area contributed by atoms with Gasteiger partial charge in [-0.15, -0.1) is 0 Å². The van der Waals surface area contributed by atoms with Crippen LogP contribution in [-0.2, 0) is 0 Å². The van der Waals surface area contributed by atoms with Crippen LogP contribution in [0.2, 0.25) is 10.0 Å². The SMILES string of the molecule is CN1C=CNC1[C@H](N)c1ccc(Cl)c(Cl)c1. The quantitative estimate of drug-likeness (QED) is 0.855. The van der Waals surface area contributed by atoms with E-state index in [1.807, 2.05) is 36.5 Å². The highest BCUT2D eigenvalue weighted by atomic mass is 35.5. The Bertz CT molecular complexity index is 420. The fraction of sp³-hybridized carbons (Fsp3) is 0.273. The zero-order valence-electron chi connectivity index (χ0n) is 8.82. The molecular formula is C11H13Cl2N3. The van der Waals surface area contributed by atoms with Gasteiger partial charge in [0.15, 0.2) is 0 Å². The Morgan fingerprint density at radius 3 is 2.69 bits per heavy atom. The van der Waals surface area contributed by atoms with Crippen molar-refractivity contribution in [2.24, 2.45) is 5.73 Å². The number of nitrogens with zero attached hydrogens (tertiary/aromatic N) is 1. The summed E-state index contributed by atoms with van der Waals surface area (Å²) >= 11 is 11.8. The van der Waals surface area contributed by atoms with E-state index in [0.29, 0.717) is 10.0 Å². The first kappa shape index (κ1) is 11.6. The molecule has 3 N–H and O–H groups in total. The molecule has 0 fully saturated rings. The van der Waals surface area contributed by atoms with E-state index in [4.69, 9.17) is 28.9 Å². The number of rotatable bonds is 2. The molecule has 0 amide bonds. The van der Waals surface area contributed by atoms with Crippen molar-refractivity contribution in [3.05, 3.63) is 46.2 Å². The third-order valence-electron chi connectivity index (χ3n) is 2.68. The summed E-state index contributed by atoms with van der Waals surface area (Å²) in [5, 5.41) is 4.26. The summed E-state index contributed by atoms with van der Waals surface area (Å²) in [6, 6.07) is 5.31. The van der Waals surface area contributed by atoms with Crippen LogP contribution in [0.5, 0.6) is 0 Å². The van der Waals surface area contributed by atoms with E-state index in [-0.39, 0.29) is 12.2 Å². The minimum Gasteiger partial charge on any atom is -0.368 e. The van der Waals surface area contributed by atoms with Crippen LogP contribution in [0.25, 0.3) is 0 Å². The lowest BCUT2D eigenvalue weighted by molar-refractivity contribution is 0.285. The molecule has 0 bridgehead atoms. The molecular weight excluding hydrogens is 245 g/mol. The Labute approximate surface area is 105 Å². The Balaban J connectivity index is 2.20. The standard InChI is InChI=1S/C11H13Cl2N3/c1-16-5-4-15-11(16)10(14)7-2-3-8(12)9(13)6-7/h2-6,10-11,15H,14H2,1H3/t10-,11?/m1/s1. The van der Waals surface area contributed by atoms with Gasteiger partial charge >= 0.3 is 0 Å². The number of halogens is 2. The molecule has 0 radical (unpaired) electrons. The lowest BCUT2D eigenvalue weighted by Crippen LogP contribution is -2.42. The van der Waals surface area contributed by atoms with Crippen LogP contribution in [0.3, 0.4) is 0 Å². The smallest absolute Gasteiger partial charge is 0.118 e. The van der Waals surface area contributed by atoms with E-state index in [2.05, 4.69) is 5.32 Å². The molecule has 0 saturated carbocycles. The van der Waals surface area contributed by atoms with E-state index in [1.165, 1.54) is 0 Å². The van der Waals surface area contributed by atoms with Crippen molar-refractivity contribution < 1.29 is 0 Å². The molecule has 2 atom stereocenters. The van der Waals surface area contributed by atoms with Gasteiger partial charge in [0, 0.05) is 19.4 Å². The van der Waals surface area contributed by atoms with Crippen LogP contribution in [0.15, 0.2) is 30.6 Å². The molecule has 86 valence electrons. The van der Waals surface area contributed by atoms with Crippen molar-refractivity contribution in [3.63, 3.8) is 0 Å². The molecule has 1 aliphatic rings. The van der Waals surface area contributed by atoms with E-state index < -0.39 is 0 Å². The van der Waals surface area contributed by atoms with E-state index in [0.717, 1.165) is 5.56 Å². The fourth-order valence-corrected chi connectivity index (χ4v) is 2.04. The molecule has 2 rings (SSSR count). The Kier molecular flexibility index (Phi) is 3.28. The maximum atomic E-state index is 6.16. The zero-order valence-corrected chi connectivity index (χ0v) is 10.3. The summed E-state index contributed by atoms with van der Waals surface area (Å²) in [6.45, 7) is 0. The monoisotopic (exact) mass is 257 g/mol.